The molecular weight excluding hydrogens is 252 g/mol. The second kappa shape index (κ2) is 7.50. The third-order valence-electron chi connectivity index (χ3n) is 3.97. The fourth-order valence-electron chi connectivity index (χ4n) is 2.93. The van der Waals surface area contributed by atoms with Crippen LogP contribution in [0.25, 0.3) is 0 Å². The summed E-state index contributed by atoms with van der Waals surface area (Å²) >= 11 is 0. The maximum absolute atomic E-state index is 9.53. The van der Waals surface area contributed by atoms with E-state index in [1.165, 1.54) is 6.42 Å². The second-order valence-electron chi connectivity index (χ2n) is 5.71. The molecule has 0 amide bonds. The number of likely N-dealkylation sites (tertiary alicyclic amines) is 1. The van der Waals surface area contributed by atoms with Gasteiger partial charge in [-0.3, -0.25) is 4.90 Å². The lowest BCUT2D eigenvalue weighted by Crippen LogP contribution is -2.33. The molecule has 0 saturated carbocycles. The molecule has 1 fully saturated rings. The van der Waals surface area contributed by atoms with Crippen LogP contribution in [0.5, 0.6) is 5.75 Å². The van der Waals surface area contributed by atoms with Crippen molar-refractivity contribution in [1.82, 2.24) is 4.90 Å². The molecule has 4 nitrogen and oxygen atoms in total. The summed E-state index contributed by atoms with van der Waals surface area (Å²) in [6.45, 7) is 5.39. The summed E-state index contributed by atoms with van der Waals surface area (Å²) in [4.78, 5) is 2.40. The highest BCUT2D eigenvalue weighted by molar-refractivity contribution is 5.50. The smallest absolute Gasteiger partial charge is 0.117 e. The van der Waals surface area contributed by atoms with E-state index in [4.69, 9.17) is 0 Å². The number of aryl methyl sites for hydroxylation is 1. The fourth-order valence-corrected chi connectivity index (χ4v) is 2.93. The van der Waals surface area contributed by atoms with Crippen LogP contribution in [0.1, 0.15) is 31.2 Å². The molecule has 0 spiro atoms. The maximum atomic E-state index is 9.53. The molecule has 1 heterocycles. The number of aliphatic hydroxyl groups excluding tert-OH is 1. The van der Waals surface area contributed by atoms with Gasteiger partial charge in [0.05, 0.1) is 6.61 Å². The average Bonchev–Trinajstić information content (AvgIpc) is 2.84. The van der Waals surface area contributed by atoms with Crippen LogP contribution < -0.4 is 5.32 Å². The molecule has 2 rings (SSSR count). The van der Waals surface area contributed by atoms with Gasteiger partial charge in [0.1, 0.15) is 5.75 Å². The van der Waals surface area contributed by atoms with Crippen LogP contribution in [-0.2, 0) is 0 Å². The summed E-state index contributed by atoms with van der Waals surface area (Å²) < 4.78 is 0. The van der Waals surface area contributed by atoms with E-state index >= 15 is 0 Å². The Bertz CT molecular complexity index is 403. The zero-order valence-electron chi connectivity index (χ0n) is 12.3. The van der Waals surface area contributed by atoms with Gasteiger partial charge in [-0.25, -0.2) is 0 Å². The van der Waals surface area contributed by atoms with Crippen LogP contribution in [0.15, 0.2) is 18.2 Å². The highest BCUT2D eigenvalue weighted by Crippen LogP contribution is 2.19. The number of phenols is 1. The van der Waals surface area contributed by atoms with Crippen molar-refractivity contribution >= 4 is 5.69 Å². The van der Waals surface area contributed by atoms with E-state index in [9.17, 15) is 10.2 Å². The molecule has 1 aliphatic heterocycles. The van der Waals surface area contributed by atoms with Gasteiger partial charge in [-0.2, -0.15) is 0 Å². The standard InChI is InChI=1S/C16H26N2O2/c1-13-9-14(11-16(20)10-13)17-6-2-3-7-18-8-4-5-15(18)12-19/h9-11,15,17,19-20H,2-8,12H2,1H3/t15-/m0/s1. The number of phenolic OH excluding ortho intramolecular Hbond substituents is 1. The Morgan fingerprint density at radius 1 is 1.30 bits per heavy atom. The molecule has 1 aromatic carbocycles. The van der Waals surface area contributed by atoms with Crippen molar-refractivity contribution < 1.29 is 10.2 Å². The van der Waals surface area contributed by atoms with Crippen molar-refractivity contribution in [3.8, 4) is 5.75 Å². The van der Waals surface area contributed by atoms with Crippen molar-refractivity contribution in [2.24, 2.45) is 0 Å². The van der Waals surface area contributed by atoms with Gasteiger partial charge in [0.15, 0.2) is 0 Å². The zero-order valence-corrected chi connectivity index (χ0v) is 12.3. The predicted molar refractivity (Wildman–Crippen MR) is 82.2 cm³/mol. The number of unbranched alkanes of at least 4 members (excludes halogenated alkanes) is 1. The predicted octanol–water partition coefficient (Wildman–Crippen LogP) is 2.35. The summed E-state index contributed by atoms with van der Waals surface area (Å²) in [5, 5.41) is 22.1. The highest BCUT2D eigenvalue weighted by Gasteiger charge is 2.22. The van der Waals surface area contributed by atoms with Crippen molar-refractivity contribution in [3.63, 3.8) is 0 Å². The Morgan fingerprint density at radius 2 is 2.15 bits per heavy atom. The van der Waals surface area contributed by atoms with E-state index < -0.39 is 0 Å². The average molecular weight is 278 g/mol. The van der Waals surface area contributed by atoms with Gasteiger partial charge in [-0.15, -0.1) is 0 Å². The number of rotatable bonds is 7. The lowest BCUT2D eigenvalue weighted by molar-refractivity contribution is 0.157. The van der Waals surface area contributed by atoms with Crippen LogP contribution >= 0.6 is 0 Å². The third-order valence-corrected chi connectivity index (χ3v) is 3.97. The fraction of sp³-hybridized carbons (Fsp3) is 0.625. The topological polar surface area (TPSA) is 55.7 Å². The quantitative estimate of drug-likeness (QED) is 0.670. The molecule has 112 valence electrons. The van der Waals surface area contributed by atoms with Crippen molar-refractivity contribution in [3.05, 3.63) is 23.8 Å². The minimum atomic E-state index is 0.292. The van der Waals surface area contributed by atoms with Crippen LogP contribution in [-0.4, -0.2) is 47.4 Å². The Morgan fingerprint density at radius 3 is 2.90 bits per heavy atom. The number of hydrogen-bond donors (Lipinski definition) is 3. The minimum Gasteiger partial charge on any atom is -0.508 e. The largest absolute Gasteiger partial charge is 0.508 e. The lowest BCUT2D eigenvalue weighted by atomic mass is 10.2. The molecule has 3 N–H and O–H groups in total. The van der Waals surface area contributed by atoms with Gasteiger partial charge >= 0.3 is 0 Å². The van der Waals surface area contributed by atoms with Gasteiger partial charge in [0.2, 0.25) is 0 Å². The first-order valence-corrected chi connectivity index (χ1v) is 7.58. The van der Waals surface area contributed by atoms with Crippen LogP contribution in [0.4, 0.5) is 5.69 Å². The number of aliphatic hydroxyl groups is 1. The molecule has 0 bridgehead atoms. The molecule has 1 atom stereocenters. The summed E-state index contributed by atoms with van der Waals surface area (Å²) in [5.74, 6) is 0.315. The van der Waals surface area contributed by atoms with Gasteiger partial charge in [-0.1, -0.05) is 0 Å². The normalized spacial score (nSPS) is 19.4. The van der Waals surface area contributed by atoms with Gasteiger partial charge < -0.3 is 15.5 Å². The first-order valence-electron chi connectivity index (χ1n) is 7.58. The Balaban J connectivity index is 1.64. The van der Waals surface area contributed by atoms with Gasteiger partial charge in [0, 0.05) is 24.3 Å². The molecule has 1 aromatic rings. The minimum absolute atomic E-state index is 0.292. The van der Waals surface area contributed by atoms with Crippen molar-refractivity contribution in [2.45, 2.75) is 38.6 Å². The highest BCUT2D eigenvalue weighted by atomic mass is 16.3. The number of nitrogens with zero attached hydrogens (tertiary/aromatic N) is 1. The van der Waals surface area contributed by atoms with E-state index in [0.29, 0.717) is 18.4 Å². The van der Waals surface area contributed by atoms with E-state index in [-0.39, 0.29) is 0 Å². The number of hydrogen-bond acceptors (Lipinski definition) is 4. The third kappa shape index (κ3) is 4.39. The van der Waals surface area contributed by atoms with E-state index in [1.54, 1.807) is 12.1 Å². The molecule has 0 radical (unpaired) electrons. The Kier molecular flexibility index (Phi) is 5.68. The second-order valence-corrected chi connectivity index (χ2v) is 5.71. The first kappa shape index (κ1) is 15.1. The molecule has 0 unspecified atom stereocenters. The molecule has 1 aliphatic rings. The molecule has 0 aliphatic carbocycles. The molecule has 0 aromatic heterocycles. The van der Waals surface area contributed by atoms with Gasteiger partial charge in [0.25, 0.3) is 0 Å². The van der Waals surface area contributed by atoms with Crippen molar-refractivity contribution in [1.29, 1.82) is 0 Å². The van der Waals surface area contributed by atoms with Crippen molar-refractivity contribution in [2.75, 3.05) is 31.6 Å². The molecular formula is C16H26N2O2. The summed E-state index contributed by atoms with van der Waals surface area (Å²) in [7, 11) is 0. The van der Waals surface area contributed by atoms with Crippen LogP contribution in [0, 0.1) is 6.92 Å². The monoisotopic (exact) mass is 278 g/mol. The SMILES string of the molecule is Cc1cc(O)cc(NCCCCN2CCC[C@H]2CO)c1. The summed E-state index contributed by atoms with van der Waals surface area (Å²) in [6, 6.07) is 5.95. The number of anilines is 1. The Labute approximate surface area is 121 Å². The van der Waals surface area contributed by atoms with Crippen LogP contribution in [0.3, 0.4) is 0 Å². The molecule has 4 heteroatoms. The first-order chi connectivity index (χ1) is 9.69. The molecule has 1 saturated heterocycles. The summed E-state index contributed by atoms with van der Waals surface area (Å²) in [5.41, 5.74) is 2.05. The van der Waals surface area contributed by atoms with Gasteiger partial charge in [-0.05, 0) is 63.4 Å². The van der Waals surface area contributed by atoms with Crippen LogP contribution in [0.2, 0.25) is 0 Å². The lowest BCUT2D eigenvalue weighted by Gasteiger charge is -2.22. The van der Waals surface area contributed by atoms with E-state index in [2.05, 4.69) is 10.2 Å². The number of benzene rings is 1. The summed E-state index contributed by atoms with van der Waals surface area (Å²) in [6.07, 6.45) is 4.59. The van der Waals surface area contributed by atoms with E-state index in [0.717, 1.165) is 50.1 Å². The van der Waals surface area contributed by atoms with E-state index in [1.807, 2.05) is 13.0 Å². The maximum Gasteiger partial charge on any atom is 0.117 e. The number of aromatic hydroxyl groups is 1. The zero-order chi connectivity index (χ0) is 14.4. The molecule has 20 heavy (non-hydrogen) atoms. The Hall–Kier alpha value is -1.26. The number of nitrogens with one attached hydrogen (secondary N) is 1.